The summed E-state index contributed by atoms with van der Waals surface area (Å²) >= 11 is 0. The van der Waals surface area contributed by atoms with Crippen molar-refractivity contribution in [3.63, 3.8) is 0 Å². The minimum absolute atomic E-state index is 0.0973. The SMILES string of the molecule is Oc1c(F)cc([S+](c2ccc(F)cc2)c2ccc(F)cc2)cc1F.Oc1c(F)cc([S+](c2ccccc2)c2ccc(F)cc2)cc1F.Oc1c(F)cc([S+]2CCOCC2)cc1F.Oc1ccc([S+](c2ccc(F)cc2)c2ccc(F)cc2)cc1F.Oc1ccc([S+]2CCOCC2)cc1F. The molecule has 512 valence electrons. The lowest BCUT2D eigenvalue weighted by atomic mass is 10.3. The summed E-state index contributed by atoms with van der Waals surface area (Å²) in [5, 5.41) is 45.9. The van der Waals surface area contributed by atoms with Gasteiger partial charge in [-0.1, -0.05) is 18.2 Å². The summed E-state index contributed by atoms with van der Waals surface area (Å²) in [6.45, 7) is 2.78. The predicted molar refractivity (Wildman–Crippen MR) is 357 cm³/mol. The van der Waals surface area contributed by atoms with E-state index in [4.69, 9.17) is 19.7 Å². The first-order valence-corrected chi connectivity index (χ1v) is 36.4. The molecular weight excluding hydrogens is 1410 g/mol. The van der Waals surface area contributed by atoms with Gasteiger partial charge in [0.15, 0.2) is 129 Å². The van der Waals surface area contributed by atoms with Crippen molar-refractivity contribution in [3.8, 4) is 28.7 Å². The van der Waals surface area contributed by atoms with E-state index in [0.29, 0.717) is 37.7 Å². The Labute approximate surface area is 575 Å². The number of rotatable bonds is 11. The number of halogens is 13. The monoisotopic (exact) mass is 1470 g/mol. The zero-order valence-corrected chi connectivity index (χ0v) is 55.6. The smallest absolute Gasteiger partial charge is 0.188 e. The van der Waals surface area contributed by atoms with Gasteiger partial charge < -0.3 is 35.0 Å². The van der Waals surface area contributed by atoms with Crippen LogP contribution in [0.25, 0.3) is 0 Å². The largest absolute Gasteiger partial charge is 0.505 e. The Morgan fingerprint density at radius 1 is 0.242 bits per heavy atom. The molecule has 99 heavy (non-hydrogen) atoms. The molecule has 2 fully saturated rings. The average molecular weight is 1470 g/mol. The van der Waals surface area contributed by atoms with E-state index in [1.807, 2.05) is 30.3 Å². The summed E-state index contributed by atoms with van der Waals surface area (Å²) in [6.07, 6.45) is 0. The molecule has 0 spiro atoms. The Morgan fingerprint density at radius 2 is 0.485 bits per heavy atom. The molecule has 1 atom stereocenters. The van der Waals surface area contributed by atoms with Gasteiger partial charge in [-0.05, 0) is 158 Å². The maximum Gasteiger partial charge on any atom is 0.188 e. The topological polar surface area (TPSA) is 120 Å². The summed E-state index contributed by atoms with van der Waals surface area (Å²) in [6, 6.07) is 53.2. The molecule has 0 aromatic heterocycles. The highest BCUT2D eigenvalue weighted by Crippen LogP contribution is 2.38. The van der Waals surface area contributed by atoms with Gasteiger partial charge in [0.25, 0.3) is 0 Å². The van der Waals surface area contributed by atoms with Crippen LogP contribution in [0, 0.1) is 75.6 Å². The number of hydrogen-bond donors (Lipinski definition) is 5. The molecule has 2 aliphatic rings. The molecule has 13 rings (SSSR count). The predicted octanol–water partition coefficient (Wildman–Crippen LogP) is 18.1. The molecule has 0 aliphatic carbocycles. The normalized spacial score (nSPS) is 13.4. The molecule has 2 aliphatic heterocycles. The van der Waals surface area contributed by atoms with Crippen LogP contribution in [0.4, 0.5) is 57.1 Å². The number of phenolic OH excluding ortho intramolecular Hbond substituents is 5. The third-order valence-electron chi connectivity index (χ3n) is 14.3. The quantitative estimate of drug-likeness (QED) is 0.0646. The number of phenols is 5. The highest BCUT2D eigenvalue weighted by atomic mass is 32.2. The van der Waals surface area contributed by atoms with Crippen LogP contribution in [0.1, 0.15) is 0 Å². The summed E-state index contributed by atoms with van der Waals surface area (Å²) in [4.78, 5) is 7.15. The molecular formula is C74H58F13O7S5+5. The van der Waals surface area contributed by atoms with Crippen molar-refractivity contribution in [2.24, 2.45) is 0 Å². The Kier molecular flexibility index (Phi) is 26.5. The van der Waals surface area contributed by atoms with Crippen LogP contribution < -0.4 is 0 Å². The van der Waals surface area contributed by atoms with Crippen LogP contribution in [0.5, 0.6) is 28.7 Å². The van der Waals surface area contributed by atoms with E-state index in [1.54, 1.807) is 48.5 Å². The highest BCUT2D eigenvalue weighted by molar-refractivity contribution is 7.98. The Morgan fingerprint density at radius 3 is 0.798 bits per heavy atom. The lowest BCUT2D eigenvalue weighted by Gasteiger charge is -2.14. The second-order valence-corrected chi connectivity index (χ2v) is 31.6. The van der Waals surface area contributed by atoms with Gasteiger partial charge in [-0.3, -0.25) is 0 Å². The molecule has 0 bridgehead atoms. The molecule has 0 amide bonds. The van der Waals surface area contributed by atoms with Crippen molar-refractivity contribution in [3.05, 3.63) is 300 Å². The first-order chi connectivity index (χ1) is 47.5. The second kappa shape index (κ2) is 35.3. The lowest BCUT2D eigenvalue weighted by Crippen LogP contribution is -2.26. The molecule has 7 nitrogen and oxygen atoms in total. The highest BCUT2D eigenvalue weighted by Gasteiger charge is 2.35. The maximum atomic E-state index is 13.8. The van der Waals surface area contributed by atoms with E-state index in [0.717, 1.165) is 85.0 Å². The first kappa shape index (κ1) is 74.4. The molecule has 0 radical (unpaired) electrons. The molecule has 2 heterocycles. The minimum Gasteiger partial charge on any atom is -0.505 e. The van der Waals surface area contributed by atoms with Gasteiger partial charge in [0.2, 0.25) is 0 Å². The van der Waals surface area contributed by atoms with E-state index in [1.165, 1.54) is 121 Å². The minimum atomic E-state index is -1.09. The molecule has 2 saturated heterocycles. The van der Waals surface area contributed by atoms with E-state index < -0.39 is 114 Å². The van der Waals surface area contributed by atoms with Gasteiger partial charge >= 0.3 is 0 Å². The Balaban J connectivity index is 0.000000147. The number of ether oxygens (including phenoxy) is 2. The average Bonchev–Trinajstić information content (AvgIpc) is 0.825. The van der Waals surface area contributed by atoms with E-state index >= 15 is 0 Å². The molecule has 5 N–H and O–H groups in total. The van der Waals surface area contributed by atoms with Crippen molar-refractivity contribution >= 4 is 54.5 Å². The van der Waals surface area contributed by atoms with Crippen molar-refractivity contribution in [1.82, 2.24) is 0 Å². The van der Waals surface area contributed by atoms with Gasteiger partial charge in [-0.15, -0.1) is 0 Å². The Bertz CT molecular complexity index is 4310. The van der Waals surface area contributed by atoms with Crippen LogP contribution in [-0.2, 0) is 63.9 Å². The van der Waals surface area contributed by atoms with E-state index in [9.17, 15) is 72.4 Å². The number of aromatic hydroxyl groups is 5. The molecule has 25 heteroatoms. The van der Waals surface area contributed by atoms with Gasteiger partial charge in [0.1, 0.15) is 52.1 Å². The zero-order valence-electron chi connectivity index (χ0n) is 51.5. The molecule has 1 unspecified atom stereocenters. The van der Waals surface area contributed by atoms with Crippen LogP contribution in [0.15, 0.2) is 278 Å². The molecule has 11 aromatic carbocycles. The standard InChI is InChI=1S/C18H10F4OS.2C18H11F3OS.C10H10F2O2S.C10H11FO2S/c19-11-1-5-13(6-2-11)24(14-7-3-12(20)4-8-14)15-9-16(21)18(23)17(22)10-15;19-12-1-5-14(6-2-12)23(15-7-3-13(20)4-8-15)16-9-10-18(22)17(21)11-16;19-12-6-8-14(9-7-12)23(13-4-2-1-3-5-13)15-10-16(20)18(22)17(21)11-15;11-8-5-7(6-9(12)10(8)13)15-3-1-14-2-4-15;11-9-7-8(1-2-10(9)12)14-5-3-13-4-6-14/h1-10H;2*1-11H;5-6H,1-4H2;1-2,7H,3-6H2/p+5. The second-order valence-electron chi connectivity index (χ2n) is 21.0. The maximum absolute atomic E-state index is 13.8. The van der Waals surface area contributed by atoms with Crippen LogP contribution in [0.2, 0.25) is 0 Å². The summed E-state index contributed by atoms with van der Waals surface area (Å²) in [5.41, 5.74) is 0. The van der Waals surface area contributed by atoms with E-state index in [-0.39, 0.29) is 49.9 Å². The fraction of sp³-hybridized carbons (Fsp3) is 0.108. The van der Waals surface area contributed by atoms with E-state index in [2.05, 4.69) is 0 Å². The van der Waals surface area contributed by atoms with Crippen LogP contribution >= 0.6 is 0 Å². The molecule has 0 saturated carbocycles. The van der Waals surface area contributed by atoms with Gasteiger partial charge in [0, 0.05) is 70.3 Å². The van der Waals surface area contributed by atoms with Gasteiger partial charge in [-0.2, -0.15) is 0 Å². The lowest BCUT2D eigenvalue weighted by molar-refractivity contribution is 0.159. The summed E-state index contributed by atoms with van der Waals surface area (Å²) < 4.78 is 184. The first-order valence-electron chi connectivity index (χ1n) is 29.6. The summed E-state index contributed by atoms with van der Waals surface area (Å²) in [7, 11) is -2.58. The summed E-state index contributed by atoms with van der Waals surface area (Å²) in [5.74, 6) is -9.38. The fourth-order valence-corrected chi connectivity index (χ4v) is 19.4. The van der Waals surface area contributed by atoms with Crippen molar-refractivity contribution in [1.29, 1.82) is 0 Å². The van der Waals surface area contributed by atoms with Crippen molar-refractivity contribution in [2.75, 3.05) is 49.4 Å². The Hall–Kier alpha value is -8.82. The zero-order chi connectivity index (χ0) is 70.9. The van der Waals surface area contributed by atoms with Gasteiger partial charge in [0.05, 0.1) is 59.1 Å². The number of hydrogen-bond acceptors (Lipinski definition) is 7. The van der Waals surface area contributed by atoms with Gasteiger partial charge in [-0.25, -0.2) is 57.1 Å². The van der Waals surface area contributed by atoms with Crippen molar-refractivity contribution in [2.45, 2.75) is 53.9 Å². The number of benzene rings is 11. The van der Waals surface area contributed by atoms with Crippen molar-refractivity contribution < 1.29 is 92.1 Å². The fourth-order valence-electron chi connectivity index (χ4n) is 9.46. The third-order valence-corrected chi connectivity index (χ3v) is 25.4. The third kappa shape index (κ3) is 20.2. The van der Waals surface area contributed by atoms with Crippen LogP contribution in [-0.4, -0.2) is 75.0 Å². The molecule has 11 aromatic rings. The van der Waals surface area contributed by atoms with Crippen LogP contribution in [0.3, 0.4) is 0 Å².